The third-order valence-corrected chi connectivity index (χ3v) is 2.49. The summed E-state index contributed by atoms with van der Waals surface area (Å²) in [7, 11) is 0. The van der Waals surface area contributed by atoms with Gasteiger partial charge in [-0.05, 0) is 19.1 Å². The van der Waals surface area contributed by atoms with E-state index in [2.05, 4.69) is 0 Å². The molecule has 2 aromatic rings. The quantitative estimate of drug-likeness (QED) is 0.806. The number of primary amides is 1. The number of para-hydroxylation sites is 1. The smallest absolute Gasteiger partial charge is 0.237 e. The Kier molecular flexibility index (Phi) is 2.48. The van der Waals surface area contributed by atoms with Gasteiger partial charge in [-0.25, -0.2) is 0 Å². The summed E-state index contributed by atoms with van der Waals surface area (Å²) < 4.78 is 1.70. The van der Waals surface area contributed by atoms with Gasteiger partial charge in [0.1, 0.15) is 6.54 Å². The van der Waals surface area contributed by atoms with Gasteiger partial charge < -0.3 is 10.3 Å². The molecule has 0 bridgehead atoms. The normalized spacial score (nSPS) is 10.6. The lowest BCUT2D eigenvalue weighted by atomic mass is 10.1. The number of aryl methyl sites for hydroxylation is 1. The summed E-state index contributed by atoms with van der Waals surface area (Å²) >= 11 is 0. The fourth-order valence-corrected chi connectivity index (χ4v) is 1.79. The minimum absolute atomic E-state index is 0.00341. The number of fused-ring (bicyclic) bond motifs is 1. The molecule has 82 valence electrons. The van der Waals surface area contributed by atoms with Crippen LogP contribution in [0, 0.1) is 6.92 Å². The van der Waals surface area contributed by atoms with Gasteiger partial charge in [0.15, 0.2) is 5.43 Å². The first-order valence-electron chi connectivity index (χ1n) is 4.96. The molecule has 0 radical (unpaired) electrons. The monoisotopic (exact) mass is 216 g/mol. The van der Waals surface area contributed by atoms with Gasteiger partial charge in [0.2, 0.25) is 5.91 Å². The number of aromatic nitrogens is 1. The lowest BCUT2D eigenvalue weighted by Crippen LogP contribution is -2.21. The molecule has 0 fully saturated rings. The van der Waals surface area contributed by atoms with E-state index in [1.165, 1.54) is 0 Å². The van der Waals surface area contributed by atoms with E-state index in [4.69, 9.17) is 5.73 Å². The maximum absolute atomic E-state index is 11.8. The summed E-state index contributed by atoms with van der Waals surface area (Å²) in [5.41, 5.74) is 6.51. The number of hydrogen-bond donors (Lipinski definition) is 1. The number of carbonyl (C=O) groups excluding carboxylic acids is 1. The molecular weight excluding hydrogens is 204 g/mol. The zero-order valence-electron chi connectivity index (χ0n) is 8.93. The van der Waals surface area contributed by atoms with Crippen molar-refractivity contribution in [2.75, 3.05) is 0 Å². The summed E-state index contributed by atoms with van der Waals surface area (Å²) in [6.45, 7) is 1.81. The predicted molar refractivity (Wildman–Crippen MR) is 62.1 cm³/mol. The third-order valence-electron chi connectivity index (χ3n) is 2.49. The molecule has 4 heteroatoms. The minimum Gasteiger partial charge on any atom is -0.368 e. The van der Waals surface area contributed by atoms with E-state index in [9.17, 15) is 9.59 Å². The van der Waals surface area contributed by atoms with Crippen LogP contribution in [0.25, 0.3) is 10.9 Å². The molecule has 0 saturated heterocycles. The molecule has 2 rings (SSSR count). The van der Waals surface area contributed by atoms with Crippen LogP contribution in [0.3, 0.4) is 0 Å². The highest BCUT2D eigenvalue weighted by molar-refractivity contribution is 5.82. The summed E-state index contributed by atoms with van der Waals surface area (Å²) in [6.07, 6.45) is 1.66. The number of nitrogens with zero attached hydrogens (tertiary/aromatic N) is 1. The van der Waals surface area contributed by atoms with E-state index in [0.29, 0.717) is 10.9 Å². The molecule has 0 aliphatic heterocycles. The van der Waals surface area contributed by atoms with Gasteiger partial charge in [-0.1, -0.05) is 12.1 Å². The van der Waals surface area contributed by atoms with Crippen LogP contribution in [0.15, 0.2) is 35.3 Å². The molecule has 0 saturated carbocycles. The van der Waals surface area contributed by atoms with E-state index >= 15 is 0 Å². The molecule has 0 unspecified atom stereocenters. The van der Waals surface area contributed by atoms with Crippen LogP contribution in [-0.4, -0.2) is 10.5 Å². The van der Waals surface area contributed by atoms with Crippen LogP contribution in [0.5, 0.6) is 0 Å². The number of nitrogens with two attached hydrogens (primary N) is 1. The molecule has 16 heavy (non-hydrogen) atoms. The Bertz CT molecular complexity index is 614. The van der Waals surface area contributed by atoms with Crippen molar-refractivity contribution in [1.29, 1.82) is 0 Å². The van der Waals surface area contributed by atoms with Gasteiger partial charge >= 0.3 is 0 Å². The molecule has 2 N–H and O–H groups in total. The predicted octanol–water partition coefficient (Wildman–Crippen LogP) is 0.795. The van der Waals surface area contributed by atoms with Gasteiger partial charge in [0.05, 0.1) is 5.52 Å². The van der Waals surface area contributed by atoms with Crippen molar-refractivity contribution in [3.8, 4) is 0 Å². The first kappa shape index (κ1) is 10.4. The van der Waals surface area contributed by atoms with Crippen molar-refractivity contribution >= 4 is 16.8 Å². The lowest BCUT2D eigenvalue weighted by Gasteiger charge is -2.09. The van der Waals surface area contributed by atoms with E-state index in [0.717, 1.165) is 5.52 Å². The largest absolute Gasteiger partial charge is 0.368 e. The van der Waals surface area contributed by atoms with Crippen molar-refractivity contribution in [3.05, 3.63) is 46.2 Å². The van der Waals surface area contributed by atoms with E-state index in [1.807, 2.05) is 6.07 Å². The van der Waals surface area contributed by atoms with Gasteiger partial charge in [-0.3, -0.25) is 9.59 Å². The fourth-order valence-electron chi connectivity index (χ4n) is 1.79. The van der Waals surface area contributed by atoms with Crippen molar-refractivity contribution in [2.45, 2.75) is 13.5 Å². The van der Waals surface area contributed by atoms with Crippen LogP contribution >= 0.6 is 0 Å². The number of pyridine rings is 1. The SMILES string of the molecule is Cc1cn(CC(N)=O)c2ccccc2c1=O. The Balaban J connectivity index is 2.79. The lowest BCUT2D eigenvalue weighted by molar-refractivity contribution is -0.118. The Hall–Kier alpha value is -2.10. The standard InChI is InChI=1S/C12H12N2O2/c1-8-6-14(7-11(13)15)10-5-3-2-4-9(10)12(8)16/h2-6H,7H2,1H3,(H2,13,15). The molecule has 0 spiro atoms. The highest BCUT2D eigenvalue weighted by Gasteiger charge is 2.06. The second kappa shape index (κ2) is 3.81. The van der Waals surface area contributed by atoms with Crippen LogP contribution in [0.4, 0.5) is 0 Å². The molecule has 4 nitrogen and oxygen atoms in total. The Morgan fingerprint density at radius 1 is 1.38 bits per heavy atom. The van der Waals surface area contributed by atoms with Crippen molar-refractivity contribution in [3.63, 3.8) is 0 Å². The van der Waals surface area contributed by atoms with Crippen LogP contribution < -0.4 is 11.2 Å². The second-order valence-corrected chi connectivity index (χ2v) is 3.75. The van der Waals surface area contributed by atoms with Crippen molar-refractivity contribution in [2.24, 2.45) is 5.73 Å². The van der Waals surface area contributed by atoms with Crippen molar-refractivity contribution < 1.29 is 4.79 Å². The van der Waals surface area contributed by atoms with Gasteiger partial charge in [0.25, 0.3) is 0 Å². The first-order chi connectivity index (χ1) is 7.59. The maximum atomic E-state index is 11.8. The van der Waals surface area contributed by atoms with Gasteiger partial charge in [-0.2, -0.15) is 0 Å². The molecule has 1 heterocycles. The van der Waals surface area contributed by atoms with E-state index in [-0.39, 0.29) is 12.0 Å². The summed E-state index contributed by atoms with van der Waals surface area (Å²) in [6, 6.07) is 7.19. The van der Waals surface area contributed by atoms with Crippen LogP contribution in [-0.2, 0) is 11.3 Å². The number of benzene rings is 1. The first-order valence-corrected chi connectivity index (χ1v) is 4.96. The highest BCUT2D eigenvalue weighted by atomic mass is 16.1. The average molecular weight is 216 g/mol. The average Bonchev–Trinajstić information content (AvgIpc) is 2.25. The maximum Gasteiger partial charge on any atom is 0.237 e. The fraction of sp³-hybridized carbons (Fsp3) is 0.167. The molecule has 0 atom stereocenters. The summed E-state index contributed by atoms with van der Waals surface area (Å²) in [5, 5.41) is 0.615. The Morgan fingerprint density at radius 2 is 2.06 bits per heavy atom. The van der Waals surface area contributed by atoms with Gasteiger partial charge in [0, 0.05) is 17.1 Å². The van der Waals surface area contributed by atoms with Crippen LogP contribution in [0.1, 0.15) is 5.56 Å². The summed E-state index contributed by atoms with van der Waals surface area (Å²) in [4.78, 5) is 22.8. The van der Waals surface area contributed by atoms with E-state index < -0.39 is 5.91 Å². The number of rotatable bonds is 2. The number of hydrogen-bond acceptors (Lipinski definition) is 2. The van der Waals surface area contributed by atoms with Gasteiger partial charge in [-0.15, -0.1) is 0 Å². The molecular formula is C12H12N2O2. The number of amides is 1. The van der Waals surface area contributed by atoms with Crippen LogP contribution in [0.2, 0.25) is 0 Å². The summed E-state index contributed by atoms with van der Waals surface area (Å²) in [5.74, 6) is -0.423. The topological polar surface area (TPSA) is 65.1 Å². The number of carbonyl (C=O) groups is 1. The second-order valence-electron chi connectivity index (χ2n) is 3.75. The highest BCUT2D eigenvalue weighted by Crippen LogP contribution is 2.10. The van der Waals surface area contributed by atoms with E-state index in [1.54, 1.807) is 35.9 Å². The minimum atomic E-state index is -0.423. The molecule has 1 aromatic carbocycles. The zero-order chi connectivity index (χ0) is 11.7. The molecule has 0 aliphatic carbocycles. The Labute approximate surface area is 92.3 Å². The molecule has 1 amide bonds. The third kappa shape index (κ3) is 1.69. The molecule has 1 aromatic heterocycles. The molecule has 0 aliphatic rings. The van der Waals surface area contributed by atoms with Crippen molar-refractivity contribution in [1.82, 2.24) is 4.57 Å². The zero-order valence-corrected chi connectivity index (χ0v) is 8.93. The Morgan fingerprint density at radius 3 is 2.75 bits per heavy atom.